The topological polar surface area (TPSA) is 110 Å². The van der Waals surface area contributed by atoms with Gasteiger partial charge < -0.3 is 5.32 Å². The minimum atomic E-state index is -0.746. The molecule has 8 nitrogen and oxygen atoms in total. The normalized spacial score (nSPS) is 12.7. The smallest absolute Gasteiger partial charge is 0.283 e. The highest BCUT2D eigenvalue weighted by atomic mass is 16.6. The van der Waals surface area contributed by atoms with E-state index < -0.39 is 22.4 Å². The molecule has 1 aliphatic heterocycles. The molecule has 1 N–H and O–H groups in total. The van der Waals surface area contributed by atoms with Gasteiger partial charge in [-0.3, -0.25) is 24.5 Å². The van der Waals surface area contributed by atoms with Crippen molar-refractivity contribution >= 4 is 34.8 Å². The Kier molecular flexibility index (Phi) is 8.29. The number of nitrogens with one attached hydrogen (secondary N) is 1. The lowest BCUT2D eigenvalue weighted by atomic mass is 10.1. The second-order valence-electron chi connectivity index (χ2n) is 8.23. The summed E-state index contributed by atoms with van der Waals surface area (Å²) in [5.74, 6) is -1.50. The molecule has 8 heteroatoms. The highest BCUT2D eigenvalue weighted by molar-refractivity contribution is 6.35. The number of benzene rings is 2. The Morgan fingerprint density at radius 1 is 0.939 bits per heavy atom. The van der Waals surface area contributed by atoms with E-state index in [4.69, 9.17) is 0 Å². The van der Waals surface area contributed by atoms with Crippen molar-refractivity contribution in [1.82, 2.24) is 0 Å². The number of hydrogen-bond acceptors (Lipinski definition) is 5. The molecule has 174 valence electrons. The van der Waals surface area contributed by atoms with Gasteiger partial charge in [0.05, 0.1) is 16.2 Å². The Morgan fingerprint density at radius 3 is 2.30 bits per heavy atom. The minimum Gasteiger partial charge on any atom is -0.326 e. The molecule has 0 saturated carbocycles. The predicted octanol–water partition coefficient (Wildman–Crippen LogP) is 5.86. The zero-order valence-electron chi connectivity index (χ0n) is 18.8. The van der Waals surface area contributed by atoms with Crippen LogP contribution < -0.4 is 10.2 Å². The third-order valence-corrected chi connectivity index (χ3v) is 5.74. The summed E-state index contributed by atoms with van der Waals surface area (Å²) in [5, 5.41) is 14.1. The second-order valence-corrected chi connectivity index (χ2v) is 8.23. The van der Waals surface area contributed by atoms with Crippen molar-refractivity contribution in [3.05, 3.63) is 63.7 Å². The van der Waals surface area contributed by atoms with E-state index in [1.54, 1.807) is 18.2 Å². The molecule has 0 spiro atoms. The zero-order chi connectivity index (χ0) is 23.8. The number of hydrogen-bond donors (Lipinski definition) is 1. The molecule has 2 aromatic rings. The van der Waals surface area contributed by atoms with Crippen molar-refractivity contribution in [3.8, 4) is 0 Å². The number of amides is 3. The van der Waals surface area contributed by atoms with Crippen molar-refractivity contribution in [2.75, 3.05) is 10.2 Å². The maximum atomic E-state index is 12.9. The van der Waals surface area contributed by atoms with E-state index in [-0.39, 0.29) is 22.7 Å². The average molecular weight is 452 g/mol. The van der Waals surface area contributed by atoms with Crippen molar-refractivity contribution in [1.29, 1.82) is 0 Å². The van der Waals surface area contributed by atoms with Crippen LogP contribution in [0.2, 0.25) is 0 Å². The molecule has 2 aromatic carbocycles. The van der Waals surface area contributed by atoms with Gasteiger partial charge >= 0.3 is 0 Å². The van der Waals surface area contributed by atoms with E-state index in [0.717, 1.165) is 24.2 Å². The molecule has 0 saturated heterocycles. The van der Waals surface area contributed by atoms with Gasteiger partial charge in [-0.15, -0.1) is 0 Å². The molecule has 3 rings (SSSR count). The van der Waals surface area contributed by atoms with Crippen LogP contribution in [0, 0.1) is 10.1 Å². The van der Waals surface area contributed by atoms with Gasteiger partial charge in [-0.2, -0.15) is 0 Å². The van der Waals surface area contributed by atoms with Crippen molar-refractivity contribution in [2.45, 2.75) is 64.7 Å². The van der Waals surface area contributed by atoms with Crippen LogP contribution in [0.15, 0.2) is 42.5 Å². The fraction of sp³-hybridized carbons (Fsp3) is 0.400. The summed E-state index contributed by atoms with van der Waals surface area (Å²) in [4.78, 5) is 49.5. The predicted molar refractivity (Wildman–Crippen MR) is 127 cm³/mol. The number of nitrogens with zero attached hydrogens (tertiary/aromatic N) is 2. The van der Waals surface area contributed by atoms with Crippen LogP contribution in [0.4, 0.5) is 17.1 Å². The first-order chi connectivity index (χ1) is 15.9. The molecule has 0 radical (unpaired) electrons. The quantitative estimate of drug-likeness (QED) is 0.188. The summed E-state index contributed by atoms with van der Waals surface area (Å²) < 4.78 is 0. The van der Waals surface area contributed by atoms with Gasteiger partial charge in [0.1, 0.15) is 5.56 Å². The average Bonchev–Trinajstić information content (AvgIpc) is 3.05. The summed E-state index contributed by atoms with van der Waals surface area (Å²) >= 11 is 0. The standard InChI is InChI=1S/C25H29N3O5/c1-2-3-4-5-6-7-8-9-16-22(29)26-18-12-10-13-19(17-18)27-24(30)20-14-11-15-21(28(32)33)23(20)25(27)31/h10-15,17H,2-9,16H2,1H3,(H,26,29). The van der Waals surface area contributed by atoms with Gasteiger partial charge in [-0.1, -0.05) is 64.0 Å². The molecule has 0 fully saturated rings. The Morgan fingerprint density at radius 2 is 1.61 bits per heavy atom. The van der Waals surface area contributed by atoms with E-state index in [2.05, 4.69) is 12.2 Å². The number of nitro groups is 1. The van der Waals surface area contributed by atoms with Crippen molar-refractivity contribution in [3.63, 3.8) is 0 Å². The van der Waals surface area contributed by atoms with Gasteiger partial charge in [0.15, 0.2) is 0 Å². The zero-order valence-corrected chi connectivity index (χ0v) is 18.8. The first-order valence-electron chi connectivity index (χ1n) is 11.5. The number of carbonyl (C=O) groups is 3. The first-order valence-corrected chi connectivity index (χ1v) is 11.5. The van der Waals surface area contributed by atoms with Crippen molar-refractivity contribution in [2.24, 2.45) is 0 Å². The Labute approximate surface area is 193 Å². The number of unbranched alkanes of at least 4 members (excludes halogenated alkanes) is 7. The molecule has 3 amide bonds. The van der Waals surface area contributed by atoms with E-state index in [9.17, 15) is 24.5 Å². The van der Waals surface area contributed by atoms with Crippen LogP contribution in [0.5, 0.6) is 0 Å². The minimum absolute atomic E-state index is 0.00154. The van der Waals surface area contributed by atoms with Crippen LogP contribution in [-0.2, 0) is 4.79 Å². The Balaban J connectivity index is 1.58. The molecule has 33 heavy (non-hydrogen) atoms. The highest BCUT2D eigenvalue weighted by Crippen LogP contribution is 2.34. The molecule has 1 aliphatic rings. The molecular weight excluding hydrogens is 422 g/mol. The molecule has 0 aliphatic carbocycles. The highest BCUT2D eigenvalue weighted by Gasteiger charge is 2.41. The van der Waals surface area contributed by atoms with Gasteiger partial charge in [0.2, 0.25) is 5.91 Å². The monoisotopic (exact) mass is 451 g/mol. The van der Waals surface area contributed by atoms with Crippen LogP contribution in [0.3, 0.4) is 0 Å². The maximum Gasteiger partial charge on any atom is 0.283 e. The number of anilines is 2. The van der Waals surface area contributed by atoms with Crippen LogP contribution in [0.25, 0.3) is 0 Å². The lowest BCUT2D eigenvalue weighted by molar-refractivity contribution is -0.385. The van der Waals surface area contributed by atoms with Crippen LogP contribution in [0.1, 0.15) is 85.4 Å². The fourth-order valence-electron chi connectivity index (χ4n) is 4.02. The summed E-state index contributed by atoms with van der Waals surface area (Å²) in [6.07, 6.45) is 9.56. The lowest BCUT2D eigenvalue weighted by Crippen LogP contribution is -2.29. The number of carbonyl (C=O) groups excluding carboxylic acids is 3. The molecule has 0 atom stereocenters. The van der Waals surface area contributed by atoms with Gasteiger partial charge in [0, 0.05) is 18.2 Å². The number of fused-ring (bicyclic) bond motifs is 1. The van der Waals surface area contributed by atoms with Gasteiger partial charge in [-0.05, 0) is 30.7 Å². The summed E-state index contributed by atoms with van der Waals surface area (Å²) in [6, 6.07) is 10.4. The van der Waals surface area contributed by atoms with E-state index in [0.29, 0.717) is 12.1 Å². The van der Waals surface area contributed by atoms with Crippen molar-refractivity contribution < 1.29 is 19.3 Å². The summed E-state index contributed by atoms with van der Waals surface area (Å²) in [6.45, 7) is 2.19. The molecule has 0 unspecified atom stereocenters. The third kappa shape index (κ3) is 5.83. The first kappa shape index (κ1) is 24.1. The number of imide groups is 1. The maximum absolute atomic E-state index is 12.9. The van der Waals surface area contributed by atoms with Gasteiger partial charge in [-0.25, -0.2) is 4.90 Å². The molecular formula is C25H29N3O5. The second kappa shape index (κ2) is 11.4. The van der Waals surface area contributed by atoms with Crippen LogP contribution >= 0.6 is 0 Å². The SMILES string of the molecule is CCCCCCCCCCC(=O)Nc1cccc(N2C(=O)c3cccc([N+](=O)[O-])c3C2=O)c1. The Bertz CT molecular complexity index is 1050. The molecule has 0 bridgehead atoms. The number of nitro benzene ring substituents is 1. The van der Waals surface area contributed by atoms with E-state index in [1.165, 1.54) is 56.4 Å². The lowest BCUT2D eigenvalue weighted by Gasteiger charge is -2.15. The summed E-state index contributed by atoms with van der Waals surface area (Å²) in [7, 11) is 0. The van der Waals surface area contributed by atoms with Crippen LogP contribution in [-0.4, -0.2) is 22.6 Å². The van der Waals surface area contributed by atoms with E-state index in [1.807, 2.05) is 0 Å². The fourth-order valence-corrected chi connectivity index (χ4v) is 4.02. The third-order valence-electron chi connectivity index (χ3n) is 5.74. The van der Waals surface area contributed by atoms with E-state index >= 15 is 0 Å². The van der Waals surface area contributed by atoms with Gasteiger partial charge in [0.25, 0.3) is 17.5 Å². The number of rotatable bonds is 12. The Hall–Kier alpha value is -3.55. The molecule has 0 aromatic heterocycles. The molecule has 1 heterocycles. The summed E-state index contributed by atoms with van der Waals surface area (Å²) in [5.41, 5.74) is 0.0987. The largest absolute Gasteiger partial charge is 0.326 e.